The number of halogens is 3. The fourth-order valence-electron chi connectivity index (χ4n) is 3.12. The molecule has 0 spiro atoms. The molecule has 0 fully saturated rings. The van der Waals surface area contributed by atoms with Crippen molar-refractivity contribution in [3.8, 4) is 11.4 Å². The molecule has 3 rings (SSSR count). The number of amides is 1. The van der Waals surface area contributed by atoms with Gasteiger partial charge in [0.05, 0.1) is 28.7 Å². The van der Waals surface area contributed by atoms with Crippen molar-refractivity contribution >= 4 is 21.8 Å². The fourth-order valence-corrected chi connectivity index (χ4v) is 3.38. The van der Waals surface area contributed by atoms with Gasteiger partial charge in [0.1, 0.15) is 5.75 Å². The van der Waals surface area contributed by atoms with Gasteiger partial charge in [-0.05, 0) is 62.7 Å². The topological polar surface area (TPSA) is 56.2 Å². The molecule has 0 saturated heterocycles. The predicted octanol–water partition coefficient (Wildman–Crippen LogP) is 5.34. The van der Waals surface area contributed by atoms with Gasteiger partial charge in [-0.2, -0.15) is 13.9 Å². The van der Waals surface area contributed by atoms with E-state index in [2.05, 4.69) is 31.1 Å². The number of carbonyl (C=O) groups is 1. The quantitative estimate of drug-likeness (QED) is 0.536. The maximum Gasteiger partial charge on any atom is 0.387 e. The Hall–Kier alpha value is -2.74. The first-order chi connectivity index (χ1) is 13.8. The van der Waals surface area contributed by atoms with Gasteiger partial charge >= 0.3 is 6.61 Å². The van der Waals surface area contributed by atoms with Gasteiger partial charge in [0, 0.05) is 4.47 Å². The molecule has 8 heteroatoms. The van der Waals surface area contributed by atoms with Crippen LogP contribution in [0.3, 0.4) is 0 Å². The number of ether oxygens (including phenoxy) is 1. The number of aryl methyl sites for hydroxylation is 1. The molecule has 1 unspecified atom stereocenters. The molecule has 2 aromatic carbocycles. The lowest BCUT2D eigenvalue weighted by Gasteiger charge is -2.16. The van der Waals surface area contributed by atoms with E-state index >= 15 is 0 Å². The Balaban J connectivity index is 1.81. The standard InChI is InChI=1S/C21H20BrF2N3O2/c1-12(15-5-4-6-18(11-15)29-21(23)24)25-20(28)19-13(2)26-27(14(19)3)17-9-7-16(22)8-10-17/h4-12,21H,1-3H3,(H,25,28). The third-order valence-corrected chi connectivity index (χ3v) is 5.05. The summed E-state index contributed by atoms with van der Waals surface area (Å²) in [5.74, 6) is -0.231. The molecule has 0 radical (unpaired) electrons. The molecule has 5 nitrogen and oxygen atoms in total. The van der Waals surface area contributed by atoms with E-state index in [1.165, 1.54) is 12.1 Å². The Kier molecular flexibility index (Phi) is 6.32. The normalized spacial score (nSPS) is 12.1. The van der Waals surface area contributed by atoms with E-state index in [1.807, 2.05) is 31.2 Å². The van der Waals surface area contributed by atoms with E-state index in [4.69, 9.17) is 0 Å². The van der Waals surface area contributed by atoms with Gasteiger partial charge in [-0.3, -0.25) is 4.79 Å². The number of benzene rings is 2. The first-order valence-corrected chi connectivity index (χ1v) is 9.73. The summed E-state index contributed by atoms with van der Waals surface area (Å²) in [7, 11) is 0. The Morgan fingerprint density at radius 3 is 2.52 bits per heavy atom. The average molecular weight is 464 g/mol. The maximum absolute atomic E-state index is 12.9. The van der Waals surface area contributed by atoms with E-state index < -0.39 is 12.7 Å². The molecule has 0 bridgehead atoms. The summed E-state index contributed by atoms with van der Waals surface area (Å²) >= 11 is 3.40. The van der Waals surface area contributed by atoms with E-state index in [-0.39, 0.29) is 11.7 Å². The van der Waals surface area contributed by atoms with Gasteiger partial charge in [-0.15, -0.1) is 0 Å². The summed E-state index contributed by atoms with van der Waals surface area (Å²) < 4.78 is 32.0. The Labute approximate surface area is 175 Å². The van der Waals surface area contributed by atoms with Gasteiger partial charge < -0.3 is 10.1 Å². The number of nitrogens with zero attached hydrogens (tertiary/aromatic N) is 2. The summed E-state index contributed by atoms with van der Waals surface area (Å²) in [6.07, 6.45) is 0. The number of hydrogen-bond acceptors (Lipinski definition) is 3. The van der Waals surface area contributed by atoms with Crippen molar-refractivity contribution in [2.24, 2.45) is 0 Å². The van der Waals surface area contributed by atoms with Crippen molar-refractivity contribution in [2.45, 2.75) is 33.4 Å². The van der Waals surface area contributed by atoms with Gasteiger partial charge in [0.25, 0.3) is 5.91 Å². The van der Waals surface area contributed by atoms with E-state index in [0.29, 0.717) is 22.5 Å². The van der Waals surface area contributed by atoms with Crippen LogP contribution in [-0.4, -0.2) is 22.3 Å². The molecule has 29 heavy (non-hydrogen) atoms. The van der Waals surface area contributed by atoms with Crippen LogP contribution in [0.5, 0.6) is 5.75 Å². The second-order valence-corrected chi connectivity index (χ2v) is 7.50. The molecule has 1 atom stereocenters. The van der Waals surface area contributed by atoms with Crippen LogP contribution in [0.2, 0.25) is 0 Å². The minimum absolute atomic E-state index is 0.0500. The average Bonchev–Trinajstić information content (AvgIpc) is 2.96. The fraction of sp³-hybridized carbons (Fsp3) is 0.238. The van der Waals surface area contributed by atoms with Crippen molar-refractivity contribution in [3.05, 3.63) is 75.5 Å². The first kappa shape index (κ1) is 21.0. The summed E-state index contributed by atoms with van der Waals surface area (Å²) in [6, 6.07) is 13.5. The Morgan fingerprint density at radius 2 is 1.86 bits per heavy atom. The van der Waals surface area contributed by atoms with Gasteiger partial charge in [-0.25, -0.2) is 4.68 Å². The zero-order valence-corrected chi connectivity index (χ0v) is 17.7. The smallest absolute Gasteiger partial charge is 0.387 e. The molecule has 1 heterocycles. The summed E-state index contributed by atoms with van der Waals surface area (Å²) in [4.78, 5) is 12.9. The molecule has 0 aliphatic heterocycles. The van der Waals surface area contributed by atoms with E-state index in [0.717, 1.165) is 10.2 Å². The molecule has 0 saturated carbocycles. The molecule has 0 aliphatic rings. The van der Waals surface area contributed by atoms with Gasteiger partial charge in [0.2, 0.25) is 0 Å². The third-order valence-electron chi connectivity index (χ3n) is 4.52. The first-order valence-electron chi connectivity index (χ1n) is 8.94. The molecule has 0 aliphatic carbocycles. The third kappa shape index (κ3) is 4.82. The molecule has 1 aromatic heterocycles. The maximum atomic E-state index is 12.9. The van der Waals surface area contributed by atoms with E-state index in [9.17, 15) is 13.6 Å². The number of alkyl halides is 2. The van der Waals surface area contributed by atoms with Crippen LogP contribution < -0.4 is 10.1 Å². The molecule has 152 valence electrons. The zero-order valence-electron chi connectivity index (χ0n) is 16.1. The minimum Gasteiger partial charge on any atom is -0.435 e. The SMILES string of the molecule is Cc1nn(-c2ccc(Br)cc2)c(C)c1C(=O)NC(C)c1cccc(OC(F)F)c1. The number of aromatic nitrogens is 2. The highest BCUT2D eigenvalue weighted by molar-refractivity contribution is 9.10. The highest BCUT2D eigenvalue weighted by atomic mass is 79.9. The summed E-state index contributed by atoms with van der Waals surface area (Å²) in [5, 5.41) is 7.40. The lowest BCUT2D eigenvalue weighted by Crippen LogP contribution is -2.27. The highest BCUT2D eigenvalue weighted by Crippen LogP contribution is 2.23. The number of rotatable bonds is 6. The van der Waals surface area contributed by atoms with E-state index in [1.54, 1.807) is 30.7 Å². The lowest BCUT2D eigenvalue weighted by atomic mass is 10.1. The summed E-state index contributed by atoms with van der Waals surface area (Å²) in [5.41, 5.74) is 3.30. The zero-order chi connectivity index (χ0) is 21.1. The van der Waals surface area contributed by atoms with Crippen molar-refractivity contribution in [3.63, 3.8) is 0 Å². The van der Waals surface area contributed by atoms with Crippen molar-refractivity contribution in [1.82, 2.24) is 15.1 Å². The number of nitrogens with one attached hydrogen (secondary N) is 1. The van der Waals surface area contributed by atoms with Crippen molar-refractivity contribution in [2.75, 3.05) is 0 Å². The molecule has 1 amide bonds. The Morgan fingerprint density at radius 1 is 1.17 bits per heavy atom. The second-order valence-electron chi connectivity index (χ2n) is 6.58. The number of hydrogen-bond donors (Lipinski definition) is 1. The van der Waals surface area contributed by atoms with Crippen LogP contribution >= 0.6 is 15.9 Å². The largest absolute Gasteiger partial charge is 0.435 e. The molecular formula is C21H20BrF2N3O2. The van der Waals surface area contributed by atoms with Crippen LogP contribution in [0.4, 0.5) is 8.78 Å². The van der Waals surface area contributed by atoms with Crippen molar-refractivity contribution in [1.29, 1.82) is 0 Å². The van der Waals surface area contributed by atoms with Crippen LogP contribution in [0, 0.1) is 13.8 Å². The predicted molar refractivity (Wildman–Crippen MR) is 110 cm³/mol. The second kappa shape index (κ2) is 8.73. The summed E-state index contributed by atoms with van der Waals surface area (Å²) in [6.45, 7) is 2.49. The van der Waals surface area contributed by atoms with Crippen molar-refractivity contribution < 1.29 is 18.3 Å². The molecule has 3 aromatic rings. The monoisotopic (exact) mass is 463 g/mol. The van der Waals surface area contributed by atoms with Crippen LogP contribution in [0.15, 0.2) is 53.0 Å². The van der Waals surface area contributed by atoms with Crippen LogP contribution in [0.1, 0.15) is 40.3 Å². The molecule has 1 N–H and O–H groups in total. The Bertz CT molecular complexity index is 1020. The van der Waals surface area contributed by atoms with Gasteiger partial charge in [0.15, 0.2) is 0 Å². The minimum atomic E-state index is -2.90. The number of carbonyl (C=O) groups excluding carboxylic acids is 1. The van der Waals surface area contributed by atoms with Crippen LogP contribution in [0.25, 0.3) is 5.69 Å². The highest BCUT2D eigenvalue weighted by Gasteiger charge is 2.21. The molecular weight excluding hydrogens is 444 g/mol. The van der Waals surface area contributed by atoms with Gasteiger partial charge in [-0.1, -0.05) is 28.1 Å². The van der Waals surface area contributed by atoms with Crippen LogP contribution in [-0.2, 0) is 0 Å². The lowest BCUT2D eigenvalue weighted by molar-refractivity contribution is -0.0499.